The van der Waals surface area contributed by atoms with Crippen LogP contribution in [0.4, 0.5) is 0 Å². The molecule has 2 aromatic rings. The number of hydrogen-bond donors (Lipinski definition) is 0. The van der Waals surface area contributed by atoms with E-state index in [1.54, 1.807) is 0 Å². The van der Waals surface area contributed by atoms with Gasteiger partial charge in [-0.2, -0.15) is 0 Å². The summed E-state index contributed by atoms with van der Waals surface area (Å²) in [6.07, 6.45) is 7.63. The average Bonchev–Trinajstić information content (AvgIpc) is 3.27. The van der Waals surface area contributed by atoms with Crippen molar-refractivity contribution in [2.45, 2.75) is 160 Å². The van der Waals surface area contributed by atoms with Crippen LogP contribution in [0.15, 0.2) is 48.5 Å². The lowest BCUT2D eigenvalue weighted by atomic mass is 9.83. The molecule has 1 saturated carbocycles. The highest BCUT2D eigenvalue weighted by molar-refractivity contribution is 6.74. The molecule has 0 saturated heterocycles. The van der Waals surface area contributed by atoms with Gasteiger partial charge in [0.05, 0.1) is 19.3 Å². The van der Waals surface area contributed by atoms with Crippen molar-refractivity contribution >= 4 is 34.2 Å². The Bertz CT molecular complexity index is 1280. The fourth-order valence-corrected chi connectivity index (χ4v) is 9.40. The van der Waals surface area contributed by atoms with Crippen molar-refractivity contribution in [1.82, 2.24) is 0 Å². The second-order valence-corrected chi connectivity index (χ2v) is 27.1. The van der Waals surface area contributed by atoms with Crippen molar-refractivity contribution in [2.75, 3.05) is 7.11 Å². The van der Waals surface area contributed by atoms with Crippen LogP contribution in [0.1, 0.15) is 121 Å². The molecule has 1 unspecified atom stereocenters. The molecule has 0 aliphatic heterocycles. The molecule has 1 aliphatic rings. The van der Waals surface area contributed by atoms with Gasteiger partial charge < -0.3 is 13.6 Å². The molecule has 47 heavy (non-hydrogen) atoms. The van der Waals surface area contributed by atoms with Crippen LogP contribution in [-0.2, 0) is 31.2 Å². The second kappa shape index (κ2) is 16.5. The lowest BCUT2D eigenvalue weighted by Gasteiger charge is -2.40. The number of esters is 1. The van der Waals surface area contributed by atoms with Crippen LogP contribution in [0.2, 0.25) is 36.3 Å². The minimum atomic E-state index is -2.04. The Morgan fingerprint density at radius 3 is 2.11 bits per heavy atom. The topological polar surface area (TPSA) is 44.8 Å². The number of carbonyl (C=O) groups is 1. The second-order valence-electron chi connectivity index (χ2n) is 17.0. The lowest BCUT2D eigenvalue weighted by molar-refractivity contribution is -0.140. The first-order valence-electron chi connectivity index (χ1n) is 18.0. The maximum Gasteiger partial charge on any atom is 0.305 e. The van der Waals surface area contributed by atoms with Crippen molar-refractivity contribution in [2.24, 2.45) is 5.92 Å². The zero-order valence-corrected chi connectivity index (χ0v) is 34.4. The molecular formula is C40H65ClO4Si2. The van der Waals surface area contributed by atoms with Gasteiger partial charge in [-0.3, -0.25) is 4.79 Å². The largest absolute Gasteiger partial charge is 0.469 e. The van der Waals surface area contributed by atoms with E-state index >= 15 is 0 Å². The number of halogens is 1. The first kappa shape index (κ1) is 40.0. The fraction of sp³-hybridized carbons (Fsp3) is 0.675. The number of hydrogen-bond acceptors (Lipinski definition) is 4. The number of benzene rings is 2. The Morgan fingerprint density at radius 1 is 0.915 bits per heavy atom. The van der Waals surface area contributed by atoms with E-state index in [9.17, 15) is 4.79 Å². The van der Waals surface area contributed by atoms with E-state index in [0.717, 1.165) is 24.8 Å². The third kappa shape index (κ3) is 10.8. The minimum Gasteiger partial charge on any atom is -0.469 e. The van der Waals surface area contributed by atoms with Crippen molar-refractivity contribution in [3.05, 3.63) is 70.8 Å². The molecule has 0 heterocycles. The number of ether oxygens (including phenoxy) is 1. The minimum absolute atomic E-state index is 0.0110. The molecule has 0 spiro atoms. The Kier molecular flexibility index (Phi) is 14.0. The molecule has 5 atom stereocenters. The molecular weight excluding hydrogens is 636 g/mol. The number of unbranched alkanes of at least 4 members (excludes halogenated alkanes) is 2. The van der Waals surface area contributed by atoms with Gasteiger partial charge in [-0.1, -0.05) is 116 Å². The van der Waals surface area contributed by atoms with Gasteiger partial charge in [0, 0.05) is 17.7 Å². The first-order valence-corrected chi connectivity index (χ1v) is 24.3. The van der Waals surface area contributed by atoms with Gasteiger partial charge >= 0.3 is 5.97 Å². The van der Waals surface area contributed by atoms with Crippen LogP contribution in [0, 0.1) is 5.92 Å². The van der Waals surface area contributed by atoms with Gasteiger partial charge in [-0.05, 0) is 90.1 Å². The molecule has 1 aliphatic carbocycles. The summed E-state index contributed by atoms with van der Waals surface area (Å²) in [6.45, 7) is 25.6. The van der Waals surface area contributed by atoms with Crippen molar-refractivity contribution in [3.8, 4) is 0 Å². The van der Waals surface area contributed by atoms with Crippen LogP contribution in [-0.4, -0.2) is 41.2 Å². The van der Waals surface area contributed by atoms with Gasteiger partial charge in [0.15, 0.2) is 16.6 Å². The Morgan fingerprint density at radius 2 is 1.53 bits per heavy atom. The van der Waals surface area contributed by atoms with Gasteiger partial charge in [0.25, 0.3) is 0 Å². The highest BCUT2D eigenvalue weighted by Gasteiger charge is 2.48. The SMILES string of the molecule is CCCCCC(O[Si](C)(C)C(C)(C)C)c1ccc([C@@H]2[C@@H](Cc3cccc(CCC(=O)OC)c3)[C@H](Cl)C[C@H]2O[Si](C)(C)C(C)(C)C)cc1. The van der Waals surface area contributed by atoms with Crippen molar-refractivity contribution in [1.29, 1.82) is 0 Å². The predicted molar refractivity (Wildman–Crippen MR) is 205 cm³/mol. The Balaban J connectivity index is 1.97. The molecule has 0 bridgehead atoms. The summed E-state index contributed by atoms with van der Waals surface area (Å²) in [5.74, 6) is 0.250. The van der Waals surface area contributed by atoms with E-state index in [1.807, 2.05) is 0 Å². The summed E-state index contributed by atoms with van der Waals surface area (Å²) in [6, 6.07) is 18.0. The summed E-state index contributed by atoms with van der Waals surface area (Å²) in [7, 11) is -2.54. The van der Waals surface area contributed by atoms with E-state index in [2.05, 4.69) is 123 Å². The lowest BCUT2D eigenvalue weighted by Crippen LogP contribution is -2.44. The van der Waals surface area contributed by atoms with Crippen molar-refractivity contribution < 1.29 is 18.4 Å². The summed E-state index contributed by atoms with van der Waals surface area (Å²) in [5.41, 5.74) is 5.01. The molecule has 0 radical (unpaired) electrons. The van der Waals surface area contributed by atoms with Crippen LogP contribution in [0.5, 0.6) is 0 Å². The standard InChI is InChI=1S/C40H65ClO4Si2/c1-13-14-15-19-35(44-46(9,10)39(2,3)4)31-21-23-32(24-22-31)38-33(34(41)28-36(38)45-47(11,12)40(5,6)7)27-30-18-16-17-29(26-30)20-25-37(42)43-8/h16-18,21-24,26,33-36,38H,13-15,19-20,25,27-28H2,1-12H3/t33-,34+,35?,36+,38+/m0/s1. The molecule has 0 amide bonds. The fourth-order valence-electron chi connectivity index (χ4n) is 6.31. The average molecular weight is 702 g/mol. The Hall–Kier alpha value is -1.45. The van der Waals surface area contributed by atoms with Crippen LogP contribution in [0.3, 0.4) is 0 Å². The molecule has 0 N–H and O–H groups in total. The van der Waals surface area contributed by atoms with Crippen LogP contribution >= 0.6 is 11.6 Å². The number of aryl methyl sites for hydroxylation is 1. The van der Waals surface area contributed by atoms with Crippen LogP contribution < -0.4 is 0 Å². The molecule has 3 rings (SSSR count). The van der Waals surface area contributed by atoms with Gasteiger partial charge in [-0.15, -0.1) is 11.6 Å². The maximum absolute atomic E-state index is 11.8. The highest BCUT2D eigenvalue weighted by atomic mass is 35.5. The number of carbonyl (C=O) groups excluding carboxylic acids is 1. The molecule has 1 fully saturated rings. The highest BCUT2D eigenvalue weighted by Crippen LogP contribution is 2.49. The third-order valence-corrected chi connectivity index (χ3v) is 20.8. The molecule has 2 aromatic carbocycles. The van der Waals surface area contributed by atoms with E-state index in [1.165, 1.54) is 43.1 Å². The zero-order chi connectivity index (χ0) is 35.2. The number of alkyl halides is 1. The van der Waals surface area contributed by atoms with Gasteiger partial charge in [0.2, 0.25) is 0 Å². The monoisotopic (exact) mass is 700 g/mol. The molecule has 4 nitrogen and oxygen atoms in total. The molecule has 264 valence electrons. The quantitative estimate of drug-likeness (QED) is 0.0803. The van der Waals surface area contributed by atoms with E-state index in [0.29, 0.717) is 12.8 Å². The first-order chi connectivity index (χ1) is 21.8. The summed E-state index contributed by atoms with van der Waals surface area (Å²) >= 11 is 7.30. The van der Waals surface area contributed by atoms with Gasteiger partial charge in [-0.25, -0.2) is 0 Å². The van der Waals surface area contributed by atoms with Crippen molar-refractivity contribution in [3.63, 3.8) is 0 Å². The van der Waals surface area contributed by atoms with E-state index in [-0.39, 0.29) is 45.5 Å². The molecule has 0 aromatic heterocycles. The van der Waals surface area contributed by atoms with Gasteiger partial charge in [0.1, 0.15) is 0 Å². The smallest absolute Gasteiger partial charge is 0.305 e. The summed E-state index contributed by atoms with van der Waals surface area (Å²) < 4.78 is 19.1. The van der Waals surface area contributed by atoms with Crippen LogP contribution in [0.25, 0.3) is 0 Å². The van der Waals surface area contributed by atoms with E-state index < -0.39 is 16.6 Å². The predicted octanol–water partition coefficient (Wildman–Crippen LogP) is 11.8. The third-order valence-electron chi connectivity index (χ3n) is 11.4. The number of methoxy groups -OCH3 is 1. The molecule has 7 heteroatoms. The van der Waals surface area contributed by atoms with E-state index in [4.69, 9.17) is 25.2 Å². The summed E-state index contributed by atoms with van der Waals surface area (Å²) in [5, 5.41) is 0.284. The Labute approximate surface area is 295 Å². The normalized spacial score (nSPS) is 21.6. The summed E-state index contributed by atoms with van der Waals surface area (Å²) in [4.78, 5) is 11.8. The maximum atomic E-state index is 11.8. The zero-order valence-electron chi connectivity index (χ0n) is 31.7. The number of rotatable bonds is 15.